The number of thioether (sulfide) groups is 1. The molecule has 1 aromatic rings. The Bertz CT molecular complexity index is 323. The van der Waals surface area contributed by atoms with Crippen LogP contribution in [0.4, 0.5) is 0 Å². The summed E-state index contributed by atoms with van der Waals surface area (Å²) in [7, 11) is 0. The second-order valence-corrected chi connectivity index (χ2v) is 4.40. The maximum Gasteiger partial charge on any atom is 0.310 e. The van der Waals surface area contributed by atoms with Gasteiger partial charge in [0.2, 0.25) is 0 Å². The second-order valence-electron chi connectivity index (χ2n) is 3.06. The van der Waals surface area contributed by atoms with E-state index in [0.29, 0.717) is 13.0 Å². The summed E-state index contributed by atoms with van der Waals surface area (Å²) in [6, 6.07) is 8.04. The first-order valence-electron chi connectivity index (χ1n) is 5.13. The van der Waals surface area contributed by atoms with Crippen molar-refractivity contribution >= 4 is 17.7 Å². The van der Waals surface area contributed by atoms with Crippen LogP contribution in [-0.4, -0.2) is 18.3 Å². The quantitative estimate of drug-likeness (QED) is 0.568. The van der Waals surface area contributed by atoms with Crippen molar-refractivity contribution in [3.63, 3.8) is 0 Å². The lowest BCUT2D eigenvalue weighted by atomic mass is 10.1. The molecular weight excluding hydrogens is 208 g/mol. The van der Waals surface area contributed by atoms with Crippen molar-refractivity contribution in [3.8, 4) is 0 Å². The molecule has 0 atom stereocenters. The van der Waals surface area contributed by atoms with Crippen molar-refractivity contribution in [1.29, 1.82) is 0 Å². The minimum atomic E-state index is -0.156. The maximum absolute atomic E-state index is 11.3. The summed E-state index contributed by atoms with van der Waals surface area (Å²) in [5.41, 5.74) is 1.02. The van der Waals surface area contributed by atoms with Crippen LogP contribution in [0.2, 0.25) is 0 Å². The standard InChI is InChI=1S/C12H16O2S/c1-3-14-12(13)9-10-6-5-7-11(8-10)15-4-2/h5-8H,3-4,9H2,1-2H3. The molecule has 0 fully saturated rings. The number of rotatable bonds is 5. The normalized spacial score (nSPS) is 10.0. The molecule has 0 saturated heterocycles. The van der Waals surface area contributed by atoms with Gasteiger partial charge in [0.1, 0.15) is 0 Å². The molecule has 15 heavy (non-hydrogen) atoms. The molecule has 0 aliphatic rings. The third kappa shape index (κ3) is 4.38. The summed E-state index contributed by atoms with van der Waals surface area (Å²) in [5.74, 6) is 0.888. The van der Waals surface area contributed by atoms with Gasteiger partial charge in [-0.25, -0.2) is 0 Å². The molecule has 0 spiro atoms. The summed E-state index contributed by atoms with van der Waals surface area (Å²) in [5, 5.41) is 0. The van der Waals surface area contributed by atoms with Crippen LogP contribution in [0, 0.1) is 0 Å². The van der Waals surface area contributed by atoms with Crippen molar-refractivity contribution in [3.05, 3.63) is 29.8 Å². The number of hydrogen-bond acceptors (Lipinski definition) is 3. The highest BCUT2D eigenvalue weighted by molar-refractivity contribution is 7.99. The van der Waals surface area contributed by atoms with Crippen molar-refractivity contribution in [1.82, 2.24) is 0 Å². The van der Waals surface area contributed by atoms with Crippen LogP contribution >= 0.6 is 11.8 Å². The van der Waals surface area contributed by atoms with Crippen molar-refractivity contribution < 1.29 is 9.53 Å². The Morgan fingerprint density at radius 1 is 1.40 bits per heavy atom. The van der Waals surface area contributed by atoms with E-state index in [4.69, 9.17) is 4.74 Å². The SMILES string of the molecule is CCOC(=O)Cc1cccc(SCC)c1. The van der Waals surface area contributed by atoms with Crippen LogP contribution in [0.1, 0.15) is 19.4 Å². The van der Waals surface area contributed by atoms with Gasteiger partial charge in [-0.2, -0.15) is 0 Å². The predicted molar refractivity (Wildman–Crippen MR) is 63.2 cm³/mol. The summed E-state index contributed by atoms with van der Waals surface area (Å²) >= 11 is 1.78. The Morgan fingerprint density at radius 2 is 2.20 bits per heavy atom. The molecule has 0 aromatic heterocycles. The summed E-state index contributed by atoms with van der Waals surface area (Å²) < 4.78 is 4.90. The van der Waals surface area contributed by atoms with Gasteiger partial charge in [0.05, 0.1) is 13.0 Å². The lowest BCUT2D eigenvalue weighted by Gasteiger charge is -2.04. The van der Waals surface area contributed by atoms with Crippen LogP contribution in [0.25, 0.3) is 0 Å². The highest BCUT2D eigenvalue weighted by Gasteiger charge is 2.04. The smallest absolute Gasteiger partial charge is 0.310 e. The van der Waals surface area contributed by atoms with E-state index >= 15 is 0 Å². The third-order valence-electron chi connectivity index (χ3n) is 1.86. The molecule has 0 aliphatic heterocycles. The molecule has 0 radical (unpaired) electrons. The van der Waals surface area contributed by atoms with E-state index in [1.165, 1.54) is 4.90 Å². The molecular formula is C12H16O2S. The lowest BCUT2D eigenvalue weighted by molar-refractivity contribution is -0.142. The van der Waals surface area contributed by atoms with Crippen molar-refractivity contribution in [2.75, 3.05) is 12.4 Å². The summed E-state index contributed by atoms with van der Waals surface area (Å²) in [6.45, 7) is 4.38. The number of ether oxygens (including phenoxy) is 1. The predicted octanol–water partition coefficient (Wildman–Crippen LogP) is 2.90. The van der Waals surface area contributed by atoms with Crippen molar-refractivity contribution in [2.45, 2.75) is 25.2 Å². The molecule has 0 heterocycles. The highest BCUT2D eigenvalue weighted by Crippen LogP contribution is 2.18. The summed E-state index contributed by atoms with van der Waals surface area (Å²) in [4.78, 5) is 12.5. The topological polar surface area (TPSA) is 26.3 Å². The average Bonchev–Trinajstić information content (AvgIpc) is 2.19. The fourth-order valence-corrected chi connectivity index (χ4v) is 2.03. The molecule has 0 bridgehead atoms. The Balaban J connectivity index is 2.60. The zero-order valence-electron chi connectivity index (χ0n) is 9.16. The molecule has 0 saturated carbocycles. The summed E-state index contributed by atoms with van der Waals surface area (Å²) in [6.07, 6.45) is 0.367. The van der Waals surface area contributed by atoms with E-state index in [1.807, 2.05) is 25.1 Å². The van der Waals surface area contributed by atoms with Gasteiger partial charge in [-0.3, -0.25) is 4.79 Å². The third-order valence-corrected chi connectivity index (χ3v) is 2.74. The van der Waals surface area contributed by atoms with E-state index in [0.717, 1.165) is 11.3 Å². The lowest BCUT2D eigenvalue weighted by Crippen LogP contribution is -2.07. The Morgan fingerprint density at radius 3 is 2.87 bits per heavy atom. The van der Waals surface area contributed by atoms with E-state index in [9.17, 15) is 4.79 Å². The highest BCUT2D eigenvalue weighted by atomic mass is 32.2. The molecule has 2 nitrogen and oxygen atoms in total. The number of benzene rings is 1. The molecule has 1 rings (SSSR count). The number of carbonyl (C=O) groups is 1. The van der Waals surface area contributed by atoms with Crippen LogP contribution in [0.15, 0.2) is 29.2 Å². The van der Waals surface area contributed by atoms with E-state index in [-0.39, 0.29) is 5.97 Å². The van der Waals surface area contributed by atoms with Crippen LogP contribution in [0.3, 0.4) is 0 Å². The second kappa shape index (κ2) is 6.51. The van der Waals surface area contributed by atoms with E-state index in [1.54, 1.807) is 11.8 Å². The van der Waals surface area contributed by atoms with Gasteiger partial charge in [-0.05, 0) is 30.4 Å². The van der Waals surface area contributed by atoms with Crippen LogP contribution in [-0.2, 0) is 16.0 Å². The maximum atomic E-state index is 11.3. The van der Waals surface area contributed by atoms with Gasteiger partial charge in [-0.15, -0.1) is 11.8 Å². The molecule has 0 N–H and O–H groups in total. The van der Waals surface area contributed by atoms with Gasteiger partial charge in [0.15, 0.2) is 0 Å². The van der Waals surface area contributed by atoms with Gasteiger partial charge in [-0.1, -0.05) is 19.1 Å². The first-order valence-corrected chi connectivity index (χ1v) is 6.12. The minimum Gasteiger partial charge on any atom is -0.466 e. The molecule has 0 aliphatic carbocycles. The molecule has 3 heteroatoms. The monoisotopic (exact) mass is 224 g/mol. The number of hydrogen-bond donors (Lipinski definition) is 0. The first kappa shape index (κ1) is 12.1. The van der Waals surface area contributed by atoms with Gasteiger partial charge < -0.3 is 4.74 Å². The minimum absolute atomic E-state index is 0.156. The molecule has 0 unspecified atom stereocenters. The number of esters is 1. The zero-order chi connectivity index (χ0) is 11.1. The molecule has 0 amide bonds. The molecule has 1 aromatic carbocycles. The fourth-order valence-electron chi connectivity index (χ4n) is 1.29. The number of carbonyl (C=O) groups excluding carboxylic acids is 1. The molecule has 82 valence electrons. The Labute approximate surface area is 95.0 Å². The van der Waals surface area contributed by atoms with E-state index < -0.39 is 0 Å². The Kier molecular flexibility index (Phi) is 5.26. The van der Waals surface area contributed by atoms with E-state index in [2.05, 4.69) is 13.0 Å². The average molecular weight is 224 g/mol. The van der Waals surface area contributed by atoms with Gasteiger partial charge in [0.25, 0.3) is 0 Å². The zero-order valence-corrected chi connectivity index (χ0v) is 9.97. The van der Waals surface area contributed by atoms with Crippen LogP contribution < -0.4 is 0 Å². The largest absolute Gasteiger partial charge is 0.466 e. The fraction of sp³-hybridized carbons (Fsp3) is 0.417. The van der Waals surface area contributed by atoms with Crippen molar-refractivity contribution in [2.24, 2.45) is 0 Å². The van der Waals surface area contributed by atoms with Crippen LogP contribution in [0.5, 0.6) is 0 Å². The van der Waals surface area contributed by atoms with Gasteiger partial charge in [0, 0.05) is 4.90 Å². The first-order chi connectivity index (χ1) is 7.26. The van der Waals surface area contributed by atoms with Gasteiger partial charge >= 0.3 is 5.97 Å². The Hall–Kier alpha value is -0.960.